The minimum atomic E-state index is -2.39. The van der Waals surface area contributed by atoms with E-state index < -0.39 is 13.1 Å². The number of hydrogen-bond donors (Lipinski definition) is 1. The number of carbonyl (C=O) groups is 1. The van der Waals surface area contributed by atoms with E-state index >= 15 is 0 Å². The highest BCUT2D eigenvalue weighted by atomic mass is 31.2. The van der Waals surface area contributed by atoms with Crippen LogP contribution in [-0.4, -0.2) is 23.4 Å². The molecule has 0 aliphatic heterocycles. The Bertz CT molecular complexity index is 976. The van der Waals surface area contributed by atoms with E-state index in [4.69, 9.17) is 0 Å². The first kappa shape index (κ1) is 24.3. The maximum Gasteiger partial charge on any atom is 0.336 e. The van der Waals surface area contributed by atoms with Crippen molar-refractivity contribution in [3.8, 4) is 11.1 Å². The van der Waals surface area contributed by atoms with E-state index in [1.54, 1.807) is 6.07 Å². The number of carboxylic acids is 1. The number of benzene rings is 2. The van der Waals surface area contributed by atoms with Crippen LogP contribution in [-0.2, 0) is 10.7 Å². The average Bonchev–Trinajstić information content (AvgIpc) is 2.80. The van der Waals surface area contributed by atoms with Gasteiger partial charge in [0.15, 0.2) is 0 Å². The predicted molar refractivity (Wildman–Crippen MR) is 138 cm³/mol. The number of aryl methyl sites for hydroxylation is 1. The maximum absolute atomic E-state index is 14.5. The van der Waals surface area contributed by atoms with Gasteiger partial charge in [-0.2, -0.15) is 0 Å². The normalized spacial score (nSPS) is 18.3. The zero-order valence-corrected chi connectivity index (χ0v) is 21.0. The molecule has 0 heterocycles. The standard InChI is InChI=1S/C29H39O3P/c1-22-10-8-9-15-26(22)28-18-25(16-17-27(28)29(30)31)21-33(32,19-23-11-4-2-5-12-23)20-24-13-6-3-7-14-24/h8-10,15-18,23-24H,2-7,11-14,19-21H2,1H3,(H,30,31). The van der Waals surface area contributed by atoms with Crippen LogP contribution in [0.1, 0.15) is 85.7 Å². The minimum absolute atomic E-state index is 0.322. The lowest BCUT2D eigenvalue weighted by atomic mass is 9.91. The number of rotatable bonds is 8. The van der Waals surface area contributed by atoms with Crippen molar-refractivity contribution in [2.45, 2.75) is 77.3 Å². The van der Waals surface area contributed by atoms with Gasteiger partial charge in [0.1, 0.15) is 0 Å². The van der Waals surface area contributed by atoms with Crippen LogP contribution in [0.2, 0.25) is 0 Å². The lowest BCUT2D eigenvalue weighted by Crippen LogP contribution is -2.18. The Kier molecular flexibility index (Phi) is 8.12. The maximum atomic E-state index is 14.5. The minimum Gasteiger partial charge on any atom is -0.478 e. The fraction of sp³-hybridized carbons (Fsp3) is 0.552. The fourth-order valence-electron chi connectivity index (χ4n) is 6.19. The molecule has 0 bridgehead atoms. The molecule has 2 saturated carbocycles. The first-order valence-corrected chi connectivity index (χ1v) is 15.2. The Labute approximate surface area is 199 Å². The Hall–Kier alpha value is -1.86. The van der Waals surface area contributed by atoms with Gasteiger partial charge in [-0.15, -0.1) is 0 Å². The van der Waals surface area contributed by atoms with Crippen LogP contribution in [0.4, 0.5) is 0 Å². The summed E-state index contributed by atoms with van der Waals surface area (Å²) in [6.45, 7) is 2.02. The van der Waals surface area contributed by atoms with Crippen LogP contribution in [0.5, 0.6) is 0 Å². The van der Waals surface area contributed by atoms with E-state index in [1.165, 1.54) is 64.2 Å². The predicted octanol–water partition coefficient (Wildman–Crippen LogP) is 8.38. The van der Waals surface area contributed by atoms with Gasteiger partial charge in [0, 0.05) is 18.5 Å². The molecule has 0 unspecified atom stereocenters. The van der Waals surface area contributed by atoms with Gasteiger partial charge in [-0.25, -0.2) is 4.79 Å². The molecule has 0 saturated heterocycles. The van der Waals surface area contributed by atoms with Gasteiger partial charge in [-0.05, 0) is 53.1 Å². The first-order valence-electron chi connectivity index (χ1n) is 12.9. The van der Waals surface area contributed by atoms with Crippen molar-refractivity contribution in [1.29, 1.82) is 0 Å². The summed E-state index contributed by atoms with van der Waals surface area (Å²) in [6, 6.07) is 13.6. The van der Waals surface area contributed by atoms with Gasteiger partial charge in [0.25, 0.3) is 0 Å². The molecule has 0 radical (unpaired) electrons. The van der Waals surface area contributed by atoms with Crippen LogP contribution in [0.15, 0.2) is 42.5 Å². The highest BCUT2D eigenvalue weighted by Gasteiger charge is 2.32. The molecule has 0 aromatic heterocycles. The molecule has 178 valence electrons. The third-order valence-corrected chi connectivity index (χ3v) is 11.2. The summed E-state index contributed by atoms with van der Waals surface area (Å²) >= 11 is 0. The van der Waals surface area contributed by atoms with Gasteiger partial charge in [-0.3, -0.25) is 0 Å². The number of aromatic carboxylic acids is 1. The molecule has 1 N–H and O–H groups in total. The molecule has 2 fully saturated rings. The highest BCUT2D eigenvalue weighted by Crippen LogP contribution is 2.55. The second-order valence-corrected chi connectivity index (χ2v) is 13.8. The van der Waals surface area contributed by atoms with Gasteiger partial charge in [0.2, 0.25) is 0 Å². The van der Waals surface area contributed by atoms with E-state index in [0.717, 1.165) is 34.6 Å². The molecule has 0 spiro atoms. The molecule has 0 amide bonds. The van der Waals surface area contributed by atoms with Crippen LogP contribution < -0.4 is 0 Å². The molecule has 3 nitrogen and oxygen atoms in total. The molecule has 0 atom stereocenters. The van der Waals surface area contributed by atoms with Crippen molar-refractivity contribution in [3.63, 3.8) is 0 Å². The summed E-state index contributed by atoms with van der Waals surface area (Å²) in [5.41, 5.74) is 4.12. The summed E-state index contributed by atoms with van der Waals surface area (Å²) in [5, 5.41) is 9.82. The fourth-order valence-corrected chi connectivity index (χ4v) is 10.1. The summed E-state index contributed by atoms with van der Waals surface area (Å²) in [7, 11) is -2.39. The monoisotopic (exact) mass is 466 g/mol. The first-order chi connectivity index (χ1) is 15.9. The van der Waals surface area contributed by atoms with E-state index in [0.29, 0.717) is 23.6 Å². The molecule has 2 aliphatic rings. The molecule has 33 heavy (non-hydrogen) atoms. The topological polar surface area (TPSA) is 54.4 Å². The van der Waals surface area contributed by atoms with Crippen LogP contribution >= 0.6 is 7.14 Å². The molecule has 2 aromatic carbocycles. The van der Waals surface area contributed by atoms with Crippen LogP contribution in [0.25, 0.3) is 11.1 Å². The lowest BCUT2D eigenvalue weighted by molar-refractivity contribution is 0.0697. The Morgan fingerprint density at radius 3 is 1.97 bits per heavy atom. The SMILES string of the molecule is Cc1ccccc1-c1cc(CP(=O)(CC2CCCCC2)CC2CCCCC2)ccc1C(=O)O. The van der Waals surface area contributed by atoms with Crippen molar-refractivity contribution in [2.75, 3.05) is 12.3 Å². The van der Waals surface area contributed by atoms with E-state index in [9.17, 15) is 14.5 Å². The zero-order chi connectivity index (χ0) is 23.3. The zero-order valence-electron chi connectivity index (χ0n) is 20.1. The van der Waals surface area contributed by atoms with Gasteiger partial charge in [-0.1, -0.05) is 94.5 Å². The number of carboxylic acid groups (broad SMARTS) is 1. The largest absolute Gasteiger partial charge is 0.478 e. The Balaban J connectivity index is 1.64. The van der Waals surface area contributed by atoms with Crippen LogP contribution in [0.3, 0.4) is 0 Å². The number of hydrogen-bond acceptors (Lipinski definition) is 2. The van der Waals surface area contributed by atoms with E-state index in [1.807, 2.05) is 43.3 Å². The Morgan fingerprint density at radius 1 is 0.848 bits per heavy atom. The summed E-state index contributed by atoms with van der Waals surface area (Å²) in [6.07, 6.45) is 15.0. The van der Waals surface area contributed by atoms with Crippen molar-refractivity contribution in [2.24, 2.45) is 11.8 Å². The third kappa shape index (κ3) is 6.38. The second kappa shape index (κ2) is 11.0. The van der Waals surface area contributed by atoms with Crippen molar-refractivity contribution < 1.29 is 14.5 Å². The third-order valence-electron chi connectivity index (χ3n) is 7.85. The highest BCUT2D eigenvalue weighted by molar-refractivity contribution is 7.63. The molecule has 2 aromatic rings. The van der Waals surface area contributed by atoms with Crippen molar-refractivity contribution in [3.05, 3.63) is 59.2 Å². The smallest absolute Gasteiger partial charge is 0.336 e. The quantitative estimate of drug-likeness (QED) is 0.398. The van der Waals surface area contributed by atoms with Crippen molar-refractivity contribution in [1.82, 2.24) is 0 Å². The van der Waals surface area contributed by atoms with Crippen molar-refractivity contribution >= 4 is 13.1 Å². The lowest BCUT2D eigenvalue weighted by Gasteiger charge is -2.31. The van der Waals surface area contributed by atoms with Gasteiger partial charge < -0.3 is 9.67 Å². The molecular weight excluding hydrogens is 427 g/mol. The van der Waals surface area contributed by atoms with E-state index in [2.05, 4.69) is 0 Å². The molecule has 4 heteroatoms. The molecular formula is C29H39O3P. The summed E-state index contributed by atoms with van der Waals surface area (Å²) in [4.78, 5) is 12.0. The molecule has 4 rings (SSSR count). The van der Waals surface area contributed by atoms with Crippen LogP contribution in [0, 0.1) is 18.8 Å². The van der Waals surface area contributed by atoms with E-state index in [-0.39, 0.29) is 0 Å². The van der Waals surface area contributed by atoms with Gasteiger partial charge >= 0.3 is 5.97 Å². The molecule has 2 aliphatic carbocycles. The Morgan fingerprint density at radius 2 is 1.42 bits per heavy atom. The summed E-state index contributed by atoms with van der Waals surface area (Å²) in [5.74, 6) is 0.289. The summed E-state index contributed by atoms with van der Waals surface area (Å²) < 4.78 is 14.5. The van der Waals surface area contributed by atoms with Gasteiger partial charge in [0.05, 0.1) is 12.7 Å². The average molecular weight is 467 g/mol. The second-order valence-electron chi connectivity index (χ2n) is 10.6.